The van der Waals surface area contributed by atoms with Gasteiger partial charge in [-0.15, -0.1) is 24.8 Å². The summed E-state index contributed by atoms with van der Waals surface area (Å²) in [5.41, 5.74) is 3.63. The summed E-state index contributed by atoms with van der Waals surface area (Å²) in [4.78, 5) is 32.6. The fourth-order valence-corrected chi connectivity index (χ4v) is 3.83. The van der Waals surface area contributed by atoms with Crippen molar-refractivity contribution in [3.8, 4) is 11.3 Å². The van der Waals surface area contributed by atoms with E-state index in [2.05, 4.69) is 25.7 Å². The molecule has 0 aliphatic rings. The van der Waals surface area contributed by atoms with Gasteiger partial charge in [-0.25, -0.2) is 4.68 Å². The number of amides is 1. The summed E-state index contributed by atoms with van der Waals surface area (Å²) in [5, 5.41) is 11.7. The SMILES string of the molecule is CCOC(=O)CNC(Cc1c[nH]c2ccccc12)C(=O)Nc1cc(-c2ccncc2)nn1CC.Cl.Cl. The molecule has 1 amide bonds. The molecule has 9 nitrogen and oxygen atoms in total. The van der Waals surface area contributed by atoms with E-state index in [-0.39, 0.29) is 43.9 Å². The van der Waals surface area contributed by atoms with Crippen LogP contribution in [0.5, 0.6) is 0 Å². The minimum absolute atomic E-state index is 0. The topological polar surface area (TPSA) is 114 Å². The van der Waals surface area contributed by atoms with Gasteiger partial charge in [0.25, 0.3) is 0 Å². The Kier molecular flexibility index (Phi) is 10.9. The molecule has 0 spiro atoms. The van der Waals surface area contributed by atoms with Crippen LogP contribution in [0.15, 0.2) is 61.1 Å². The van der Waals surface area contributed by atoms with Gasteiger partial charge in [0.2, 0.25) is 5.91 Å². The number of para-hydroxylation sites is 1. The second-order valence-corrected chi connectivity index (χ2v) is 7.76. The molecule has 3 aromatic heterocycles. The summed E-state index contributed by atoms with van der Waals surface area (Å²) in [6, 6.07) is 12.8. The highest BCUT2D eigenvalue weighted by Crippen LogP contribution is 2.23. The van der Waals surface area contributed by atoms with Gasteiger partial charge in [0.1, 0.15) is 5.82 Å². The van der Waals surface area contributed by atoms with Crippen molar-refractivity contribution < 1.29 is 14.3 Å². The fourth-order valence-electron chi connectivity index (χ4n) is 3.83. The zero-order valence-corrected chi connectivity index (χ0v) is 21.7. The predicted molar refractivity (Wildman–Crippen MR) is 145 cm³/mol. The summed E-state index contributed by atoms with van der Waals surface area (Å²) in [7, 11) is 0. The molecular formula is C25H30Cl2N6O3. The van der Waals surface area contributed by atoms with Gasteiger partial charge in [-0.05, 0) is 44.0 Å². The average Bonchev–Trinajstić information content (AvgIpc) is 3.46. The Labute approximate surface area is 221 Å². The zero-order valence-electron chi connectivity index (χ0n) is 20.1. The van der Waals surface area contributed by atoms with Crippen LogP contribution in [0.1, 0.15) is 19.4 Å². The molecule has 1 aromatic carbocycles. The third-order valence-corrected chi connectivity index (χ3v) is 5.52. The van der Waals surface area contributed by atoms with Gasteiger partial charge >= 0.3 is 5.97 Å². The summed E-state index contributed by atoms with van der Waals surface area (Å²) >= 11 is 0. The molecule has 0 saturated heterocycles. The van der Waals surface area contributed by atoms with Crippen LogP contribution in [0.25, 0.3) is 22.2 Å². The summed E-state index contributed by atoms with van der Waals surface area (Å²) < 4.78 is 6.76. The highest BCUT2D eigenvalue weighted by molar-refractivity contribution is 5.96. The Hall–Kier alpha value is -3.40. The Balaban J connectivity index is 0.00000228. The van der Waals surface area contributed by atoms with E-state index in [0.29, 0.717) is 18.8 Å². The van der Waals surface area contributed by atoms with Crippen molar-refractivity contribution >= 4 is 53.4 Å². The summed E-state index contributed by atoms with van der Waals surface area (Å²) in [5.74, 6) is -0.0792. The Morgan fingerprint density at radius 3 is 2.58 bits per heavy atom. The molecule has 0 aliphatic heterocycles. The number of halogens is 2. The largest absolute Gasteiger partial charge is 0.465 e. The van der Waals surface area contributed by atoms with E-state index in [9.17, 15) is 9.59 Å². The first-order chi connectivity index (χ1) is 16.6. The Morgan fingerprint density at radius 2 is 1.86 bits per heavy atom. The molecule has 11 heteroatoms. The van der Waals surface area contributed by atoms with Crippen LogP contribution in [-0.2, 0) is 27.3 Å². The molecule has 36 heavy (non-hydrogen) atoms. The number of pyridine rings is 1. The number of hydrogen-bond acceptors (Lipinski definition) is 6. The van der Waals surface area contributed by atoms with E-state index in [1.165, 1.54) is 0 Å². The van der Waals surface area contributed by atoms with Gasteiger partial charge in [0.15, 0.2) is 0 Å². The van der Waals surface area contributed by atoms with Gasteiger partial charge in [0.05, 0.1) is 24.9 Å². The van der Waals surface area contributed by atoms with Crippen molar-refractivity contribution in [3.05, 3.63) is 66.6 Å². The van der Waals surface area contributed by atoms with E-state index in [0.717, 1.165) is 27.7 Å². The first-order valence-electron chi connectivity index (χ1n) is 11.3. The van der Waals surface area contributed by atoms with Crippen LogP contribution in [0.3, 0.4) is 0 Å². The molecular weight excluding hydrogens is 503 g/mol. The molecule has 0 aliphatic carbocycles. The number of rotatable bonds is 10. The van der Waals surface area contributed by atoms with Crippen LogP contribution in [0, 0.1) is 0 Å². The number of nitrogens with one attached hydrogen (secondary N) is 3. The number of aromatic amines is 1. The molecule has 4 rings (SSSR count). The van der Waals surface area contributed by atoms with Gasteiger partial charge in [0, 0.05) is 47.7 Å². The monoisotopic (exact) mass is 532 g/mol. The molecule has 4 aromatic rings. The number of aromatic nitrogens is 4. The van der Waals surface area contributed by atoms with Crippen LogP contribution in [-0.4, -0.2) is 50.8 Å². The van der Waals surface area contributed by atoms with Gasteiger partial charge in [-0.3, -0.25) is 19.9 Å². The number of anilines is 1. The molecule has 3 heterocycles. The van der Waals surface area contributed by atoms with Crippen molar-refractivity contribution in [2.45, 2.75) is 32.9 Å². The van der Waals surface area contributed by atoms with Crippen molar-refractivity contribution in [1.82, 2.24) is 25.1 Å². The third-order valence-electron chi connectivity index (χ3n) is 5.52. The molecule has 0 radical (unpaired) electrons. The predicted octanol–water partition coefficient (Wildman–Crippen LogP) is 3.99. The number of nitrogens with zero attached hydrogens (tertiary/aromatic N) is 3. The van der Waals surface area contributed by atoms with Crippen molar-refractivity contribution in [1.29, 1.82) is 0 Å². The maximum atomic E-state index is 13.4. The second-order valence-electron chi connectivity index (χ2n) is 7.76. The molecule has 1 unspecified atom stereocenters. The van der Waals surface area contributed by atoms with Gasteiger partial charge in [-0.2, -0.15) is 5.10 Å². The lowest BCUT2D eigenvalue weighted by atomic mass is 10.0. The maximum Gasteiger partial charge on any atom is 0.319 e. The van der Waals surface area contributed by atoms with Crippen molar-refractivity contribution in [2.75, 3.05) is 18.5 Å². The second kappa shape index (κ2) is 13.6. The molecule has 0 bridgehead atoms. The van der Waals surface area contributed by atoms with Crippen LogP contribution >= 0.6 is 24.8 Å². The van der Waals surface area contributed by atoms with Gasteiger partial charge < -0.3 is 15.0 Å². The Morgan fingerprint density at radius 1 is 1.11 bits per heavy atom. The zero-order chi connectivity index (χ0) is 23.9. The smallest absolute Gasteiger partial charge is 0.319 e. The lowest BCUT2D eigenvalue weighted by Crippen LogP contribution is -2.44. The Bertz CT molecular complexity index is 1280. The number of esters is 1. The normalized spacial score (nSPS) is 11.3. The van der Waals surface area contributed by atoms with Crippen molar-refractivity contribution in [2.24, 2.45) is 0 Å². The standard InChI is InChI=1S/C25H28N6O3.2ClH/c1-3-31-23(14-21(30-31)17-9-11-26-12-10-17)29-25(33)22(28-16-24(32)34-4-2)13-18-15-27-20-8-6-5-7-19(18)20;;/h5-12,14-15,22,27-28H,3-4,13,16H2,1-2H3,(H,29,33);2*1H. The number of fused-ring (bicyclic) bond motifs is 1. The van der Waals surface area contributed by atoms with Crippen LogP contribution in [0.2, 0.25) is 0 Å². The minimum atomic E-state index is -0.659. The molecule has 0 saturated carbocycles. The number of carbonyl (C=O) groups excluding carboxylic acids is 2. The number of aryl methyl sites for hydroxylation is 1. The quantitative estimate of drug-likeness (QED) is 0.266. The minimum Gasteiger partial charge on any atom is -0.465 e. The average molecular weight is 533 g/mol. The highest BCUT2D eigenvalue weighted by Gasteiger charge is 2.23. The first kappa shape index (κ1) is 28.8. The van der Waals surface area contributed by atoms with E-state index in [1.807, 2.05) is 55.6 Å². The third kappa shape index (κ3) is 6.84. The van der Waals surface area contributed by atoms with Crippen molar-refractivity contribution in [3.63, 3.8) is 0 Å². The first-order valence-corrected chi connectivity index (χ1v) is 11.3. The summed E-state index contributed by atoms with van der Waals surface area (Å²) in [6.07, 6.45) is 5.70. The summed E-state index contributed by atoms with van der Waals surface area (Å²) in [6.45, 7) is 4.52. The van der Waals surface area contributed by atoms with E-state index in [4.69, 9.17) is 4.74 Å². The van der Waals surface area contributed by atoms with Gasteiger partial charge in [-0.1, -0.05) is 18.2 Å². The van der Waals surface area contributed by atoms with E-state index in [1.54, 1.807) is 24.0 Å². The number of H-pyrrole nitrogens is 1. The fraction of sp³-hybridized carbons (Fsp3) is 0.280. The molecule has 3 N–H and O–H groups in total. The molecule has 192 valence electrons. The van der Waals surface area contributed by atoms with E-state index >= 15 is 0 Å². The maximum absolute atomic E-state index is 13.4. The number of benzene rings is 1. The number of hydrogen-bond donors (Lipinski definition) is 3. The van der Waals surface area contributed by atoms with Crippen LogP contribution < -0.4 is 10.6 Å². The number of ether oxygens (including phenoxy) is 1. The lowest BCUT2D eigenvalue weighted by molar-refractivity contribution is -0.142. The number of carbonyl (C=O) groups is 2. The van der Waals surface area contributed by atoms with E-state index < -0.39 is 12.0 Å². The highest BCUT2D eigenvalue weighted by atomic mass is 35.5. The van der Waals surface area contributed by atoms with Crippen LogP contribution in [0.4, 0.5) is 5.82 Å². The molecule has 0 fully saturated rings. The molecule has 1 atom stereocenters. The lowest BCUT2D eigenvalue weighted by Gasteiger charge is -2.18.